The molecule has 20 heavy (non-hydrogen) atoms. The molecule has 3 rings (SSSR count). The molecule has 0 aliphatic heterocycles. The van der Waals surface area contributed by atoms with E-state index in [1.165, 1.54) is 18.4 Å². The summed E-state index contributed by atoms with van der Waals surface area (Å²) >= 11 is 5.92. The Morgan fingerprint density at radius 3 is 2.55 bits per heavy atom. The first-order valence-corrected chi connectivity index (χ1v) is 7.56. The van der Waals surface area contributed by atoms with Crippen LogP contribution < -0.4 is 5.32 Å². The van der Waals surface area contributed by atoms with Crippen molar-refractivity contribution in [3.63, 3.8) is 0 Å². The van der Waals surface area contributed by atoms with Crippen molar-refractivity contribution < 1.29 is 0 Å². The van der Waals surface area contributed by atoms with Crippen molar-refractivity contribution in [1.29, 1.82) is 0 Å². The minimum Gasteiger partial charge on any atom is -0.380 e. The van der Waals surface area contributed by atoms with Gasteiger partial charge in [0.15, 0.2) is 0 Å². The third kappa shape index (κ3) is 2.83. The van der Waals surface area contributed by atoms with Gasteiger partial charge in [-0.3, -0.25) is 4.68 Å². The summed E-state index contributed by atoms with van der Waals surface area (Å²) in [5, 5.41) is 8.72. The SMILES string of the molecule is CC(C)n1cc(NC2CC(c3ccc(Cl)cc3)C2)cn1. The summed E-state index contributed by atoms with van der Waals surface area (Å²) in [4.78, 5) is 0. The largest absolute Gasteiger partial charge is 0.380 e. The van der Waals surface area contributed by atoms with E-state index < -0.39 is 0 Å². The van der Waals surface area contributed by atoms with Crippen LogP contribution in [0.5, 0.6) is 0 Å². The van der Waals surface area contributed by atoms with Crippen molar-refractivity contribution in [2.45, 2.75) is 44.7 Å². The average Bonchev–Trinajstić information content (AvgIpc) is 2.83. The Kier molecular flexibility index (Phi) is 3.70. The van der Waals surface area contributed by atoms with E-state index >= 15 is 0 Å². The summed E-state index contributed by atoms with van der Waals surface area (Å²) in [6, 6.07) is 9.20. The molecule has 106 valence electrons. The number of nitrogens with one attached hydrogen (secondary N) is 1. The normalized spacial score (nSPS) is 21.8. The molecule has 0 unspecified atom stereocenters. The third-order valence-corrected chi connectivity index (χ3v) is 4.23. The topological polar surface area (TPSA) is 29.9 Å². The van der Waals surface area contributed by atoms with Crippen LogP contribution in [-0.2, 0) is 0 Å². The van der Waals surface area contributed by atoms with Gasteiger partial charge in [0.25, 0.3) is 0 Å². The van der Waals surface area contributed by atoms with Crippen LogP contribution in [0.1, 0.15) is 44.2 Å². The minimum absolute atomic E-state index is 0.411. The van der Waals surface area contributed by atoms with Gasteiger partial charge in [-0.15, -0.1) is 0 Å². The van der Waals surface area contributed by atoms with E-state index in [2.05, 4.69) is 42.6 Å². The third-order valence-electron chi connectivity index (χ3n) is 3.98. The molecule has 0 bridgehead atoms. The predicted octanol–water partition coefficient (Wildman–Crippen LogP) is 4.48. The molecule has 1 fully saturated rings. The molecule has 1 saturated carbocycles. The monoisotopic (exact) mass is 289 g/mol. The van der Waals surface area contributed by atoms with Crippen molar-refractivity contribution in [1.82, 2.24) is 9.78 Å². The molecule has 0 saturated heterocycles. The van der Waals surface area contributed by atoms with Gasteiger partial charge in [0.2, 0.25) is 0 Å². The number of aromatic nitrogens is 2. The molecule has 1 N–H and O–H groups in total. The average molecular weight is 290 g/mol. The van der Waals surface area contributed by atoms with Gasteiger partial charge in [-0.1, -0.05) is 23.7 Å². The van der Waals surface area contributed by atoms with Gasteiger partial charge < -0.3 is 5.32 Å². The molecular formula is C16H20ClN3. The van der Waals surface area contributed by atoms with Crippen LogP contribution in [0.2, 0.25) is 5.02 Å². The van der Waals surface area contributed by atoms with E-state index in [0.29, 0.717) is 18.0 Å². The fourth-order valence-electron chi connectivity index (χ4n) is 2.67. The molecule has 2 aromatic rings. The van der Waals surface area contributed by atoms with Gasteiger partial charge in [0.05, 0.1) is 11.9 Å². The molecule has 4 heteroatoms. The highest BCUT2D eigenvalue weighted by Gasteiger charge is 2.30. The molecule has 0 spiro atoms. The lowest BCUT2D eigenvalue weighted by Crippen LogP contribution is -2.33. The van der Waals surface area contributed by atoms with Crippen LogP contribution in [0.25, 0.3) is 0 Å². The molecule has 1 heterocycles. The molecular weight excluding hydrogens is 270 g/mol. The number of nitrogens with zero attached hydrogens (tertiary/aromatic N) is 2. The van der Waals surface area contributed by atoms with E-state index in [9.17, 15) is 0 Å². The van der Waals surface area contributed by atoms with Gasteiger partial charge in [-0.05, 0) is 50.3 Å². The molecule has 3 nitrogen and oxygen atoms in total. The van der Waals surface area contributed by atoms with Crippen LogP contribution in [0.3, 0.4) is 0 Å². The zero-order valence-electron chi connectivity index (χ0n) is 11.9. The second-order valence-corrected chi connectivity index (χ2v) is 6.30. The van der Waals surface area contributed by atoms with Crippen molar-refractivity contribution in [3.8, 4) is 0 Å². The van der Waals surface area contributed by atoms with Gasteiger partial charge in [-0.25, -0.2) is 0 Å². The van der Waals surface area contributed by atoms with Crippen molar-refractivity contribution in [2.24, 2.45) is 0 Å². The van der Waals surface area contributed by atoms with E-state index in [4.69, 9.17) is 11.6 Å². The number of benzene rings is 1. The first kappa shape index (κ1) is 13.5. The van der Waals surface area contributed by atoms with Gasteiger partial charge in [0, 0.05) is 23.3 Å². The maximum absolute atomic E-state index is 5.92. The van der Waals surface area contributed by atoms with E-state index in [1.54, 1.807) is 0 Å². The second-order valence-electron chi connectivity index (χ2n) is 5.86. The standard InChI is InChI=1S/C16H20ClN3/c1-11(2)20-10-16(9-18-20)19-15-7-13(8-15)12-3-5-14(17)6-4-12/h3-6,9-11,13,15,19H,7-8H2,1-2H3. The Bertz CT molecular complexity index is 568. The lowest BCUT2D eigenvalue weighted by atomic mass is 9.76. The quantitative estimate of drug-likeness (QED) is 0.899. The minimum atomic E-state index is 0.411. The van der Waals surface area contributed by atoms with Crippen molar-refractivity contribution in [3.05, 3.63) is 47.2 Å². The molecule has 0 amide bonds. The summed E-state index contributed by atoms with van der Waals surface area (Å²) in [5.41, 5.74) is 2.52. The predicted molar refractivity (Wildman–Crippen MR) is 83.4 cm³/mol. The number of hydrogen-bond donors (Lipinski definition) is 1. The number of hydrogen-bond acceptors (Lipinski definition) is 2. The lowest BCUT2D eigenvalue weighted by Gasteiger charge is -2.36. The first-order chi connectivity index (χ1) is 9.61. The Morgan fingerprint density at radius 2 is 1.95 bits per heavy atom. The fraction of sp³-hybridized carbons (Fsp3) is 0.438. The highest BCUT2D eigenvalue weighted by atomic mass is 35.5. The highest BCUT2D eigenvalue weighted by Crippen LogP contribution is 2.38. The summed E-state index contributed by atoms with van der Waals surface area (Å²) < 4.78 is 1.98. The highest BCUT2D eigenvalue weighted by molar-refractivity contribution is 6.30. The number of anilines is 1. The van der Waals surface area contributed by atoms with Crippen LogP contribution in [-0.4, -0.2) is 15.8 Å². The van der Waals surface area contributed by atoms with Crippen LogP contribution >= 0.6 is 11.6 Å². The van der Waals surface area contributed by atoms with Gasteiger partial charge in [-0.2, -0.15) is 5.10 Å². The van der Waals surface area contributed by atoms with Crippen molar-refractivity contribution in [2.75, 3.05) is 5.32 Å². The van der Waals surface area contributed by atoms with Gasteiger partial charge in [0.1, 0.15) is 0 Å². The summed E-state index contributed by atoms with van der Waals surface area (Å²) in [6.07, 6.45) is 6.35. The van der Waals surface area contributed by atoms with E-state index in [-0.39, 0.29) is 0 Å². The van der Waals surface area contributed by atoms with Gasteiger partial charge >= 0.3 is 0 Å². The zero-order valence-corrected chi connectivity index (χ0v) is 12.6. The second kappa shape index (κ2) is 5.49. The number of rotatable bonds is 4. The first-order valence-electron chi connectivity index (χ1n) is 7.18. The Labute approximate surface area is 124 Å². The van der Waals surface area contributed by atoms with Crippen LogP contribution in [0.4, 0.5) is 5.69 Å². The fourth-order valence-corrected chi connectivity index (χ4v) is 2.80. The maximum atomic E-state index is 5.92. The van der Waals surface area contributed by atoms with E-state index in [1.807, 2.05) is 23.0 Å². The summed E-state index contributed by atoms with van der Waals surface area (Å²) in [6.45, 7) is 4.27. The molecule has 1 aromatic carbocycles. The number of halogens is 1. The Balaban J connectivity index is 1.54. The van der Waals surface area contributed by atoms with Crippen molar-refractivity contribution >= 4 is 17.3 Å². The van der Waals surface area contributed by atoms with Crippen LogP contribution in [0, 0.1) is 0 Å². The Morgan fingerprint density at radius 1 is 1.25 bits per heavy atom. The Hall–Kier alpha value is -1.48. The zero-order chi connectivity index (χ0) is 14.1. The molecule has 1 aromatic heterocycles. The molecule has 0 radical (unpaired) electrons. The lowest BCUT2D eigenvalue weighted by molar-refractivity contribution is 0.374. The van der Waals surface area contributed by atoms with Crippen LogP contribution in [0.15, 0.2) is 36.7 Å². The molecule has 1 aliphatic carbocycles. The smallest absolute Gasteiger partial charge is 0.0728 e. The molecule has 1 aliphatic rings. The maximum Gasteiger partial charge on any atom is 0.0728 e. The molecule has 0 atom stereocenters. The van der Waals surface area contributed by atoms with E-state index in [0.717, 1.165) is 10.7 Å². The summed E-state index contributed by atoms with van der Waals surface area (Å²) in [7, 11) is 0. The summed E-state index contributed by atoms with van der Waals surface area (Å²) in [5.74, 6) is 0.657.